The molecular weight excluding hydrogens is 160 g/mol. The highest BCUT2D eigenvalue weighted by Crippen LogP contribution is 2.11. The summed E-state index contributed by atoms with van der Waals surface area (Å²) in [5, 5.41) is 0.757. The summed E-state index contributed by atoms with van der Waals surface area (Å²) in [5.41, 5.74) is 7.03. The molecule has 11 heavy (non-hydrogen) atoms. The molecule has 0 aliphatic carbocycles. The van der Waals surface area contributed by atoms with E-state index in [9.17, 15) is 0 Å². The molecule has 0 bridgehead atoms. The van der Waals surface area contributed by atoms with Crippen molar-refractivity contribution in [1.29, 1.82) is 0 Å². The van der Waals surface area contributed by atoms with Crippen LogP contribution in [0, 0.1) is 0 Å². The number of hydrazine groups is 1. The van der Waals surface area contributed by atoms with Crippen LogP contribution >= 0.6 is 11.6 Å². The van der Waals surface area contributed by atoms with Crippen LogP contribution in [-0.2, 0) is 0 Å². The van der Waals surface area contributed by atoms with Crippen molar-refractivity contribution >= 4 is 17.3 Å². The largest absolute Gasteiger partial charge is 0.322 e. The number of hydrogen-bond donors (Lipinski definition) is 2. The lowest BCUT2D eigenvalue weighted by Gasteiger charge is -2.04. The van der Waals surface area contributed by atoms with E-state index in [0.29, 0.717) is 0 Å². The first-order valence-corrected chi connectivity index (χ1v) is 3.95. The molecular formula is C8H11ClN2. The predicted molar refractivity (Wildman–Crippen MR) is 48.8 cm³/mol. The van der Waals surface area contributed by atoms with Crippen LogP contribution in [0.5, 0.6) is 0 Å². The summed E-state index contributed by atoms with van der Waals surface area (Å²) in [5.74, 6) is 0. The molecule has 0 radical (unpaired) electrons. The topological polar surface area (TPSA) is 24.1 Å². The highest BCUT2D eigenvalue weighted by Gasteiger charge is 1.88. The van der Waals surface area contributed by atoms with Crippen LogP contribution in [0.4, 0.5) is 5.69 Å². The van der Waals surface area contributed by atoms with Gasteiger partial charge in [-0.3, -0.25) is 0 Å². The van der Waals surface area contributed by atoms with E-state index in [1.54, 1.807) is 0 Å². The van der Waals surface area contributed by atoms with Crippen molar-refractivity contribution in [2.24, 2.45) is 0 Å². The molecule has 0 heterocycles. The fourth-order valence-corrected chi connectivity index (χ4v) is 0.850. The van der Waals surface area contributed by atoms with Gasteiger partial charge in [0.15, 0.2) is 0 Å². The van der Waals surface area contributed by atoms with Gasteiger partial charge in [-0.05, 0) is 24.3 Å². The van der Waals surface area contributed by atoms with Gasteiger partial charge in [-0.1, -0.05) is 18.5 Å². The second-order valence-electron chi connectivity index (χ2n) is 2.16. The molecule has 1 aromatic carbocycles. The van der Waals surface area contributed by atoms with Crippen LogP contribution in [-0.4, -0.2) is 6.54 Å². The normalized spacial score (nSPS) is 9.64. The predicted octanol–water partition coefficient (Wildman–Crippen LogP) is 2.28. The SMILES string of the molecule is CCNNc1ccc(Cl)cc1. The fraction of sp³-hybridized carbons (Fsp3) is 0.250. The van der Waals surface area contributed by atoms with E-state index < -0.39 is 0 Å². The summed E-state index contributed by atoms with van der Waals surface area (Å²) in [7, 11) is 0. The van der Waals surface area contributed by atoms with Crippen LogP contribution in [0.3, 0.4) is 0 Å². The molecule has 0 saturated carbocycles. The summed E-state index contributed by atoms with van der Waals surface area (Å²) in [6.07, 6.45) is 0. The van der Waals surface area contributed by atoms with Crippen LogP contribution in [0.1, 0.15) is 6.92 Å². The highest BCUT2D eigenvalue weighted by molar-refractivity contribution is 6.30. The van der Waals surface area contributed by atoms with E-state index in [2.05, 4.69) is 10.9 Å². The van der Waals surface area contributed by atoms with Gasteiger partial charge in [0.25, 0.3) is 0 Å². The Hall–Kier alpha value is -0.730. The first kappa shape index (κ1) is 8.37. The molecule has 2 nitrogen and oxygen atoms in total. The Bertz CT molecular complexity index is 208. The van der Waals surface area contributed by atoms with Crippen LogP contribution in [0.25, 0.3) is 0 Å². The molecule has 0 saturated heterocycles. The van der Waals surface area contributed by atoms with Crippen LogP contribution < -0.4 is 10.9 Å². The second kappa shape index (κ2) is 4.21. The molecule has 0 unspecified atom stereocenters. The Labute approximate surface area is 71.5 Å². The number of hydrogen-bond acceptors (Lipinski definition) is 2. The number of benzene rings is 1. The van der Waals surface area contributed by atoms with Crippen molar-refractivity contribution in [3.63, 3.8) is 0 Å². The van der Waals surface area contributed by atoms with Crippen molar-refractivity contribution in [1.82, 2.24) is 5.43 Å². The minimum atomic E-state index is 0.757. The number of nitrogens with one attached hydrogen (secondary N) is 2. The summed E-state index contributed by atoms with van der Waals surface area (Å²) in [6.45, 7) is 2.92. The summed E-state index contributed by atoms with van der Waals surface area (Å²) in [6, 6.07) is 7.54. The minimum Gasteiger partial charge on any atom is -0.322 e. The molecule has 0 spiro atoms. The van der Waals surface area contributed by atoms with Gasteiger partial charge in [0, 0.05) is 17.3 Å². The number of halogens is 1. The van der Waals surface area contributed by atoms with Crippen LogP contribution in [0.15, 0.2) is 24.3 Å². The lowest BCUT2D eigenvalue weighted by atomic mass is 10.3. The maximum atomic E-state index is 5.70. The third kappa shape index (κ3) is 2.78. The maximum absolute atomic E-state index is 5.70. The van der Waals surface area contributed by atoms with Crippen molar-refractivity contribution in [3.8, 4) is 0 Å². The third-order valence-corrected chi connectivity index (χ3v) is 1.51. The first-order chi connectivity index (χ1) is 5.33. The zero-order chi connectivity index (χ0) is 8.10. The molecule has 3 heteroatoms. The third-order valence-electron chi connectivity index (χ3n) is 1.25. The summed E-state index contributed by atoms with van der Waals surface area (Å²) in [4.78, 5) is 0. The lowest BCUT2D eigenvalue weighted by Crippen LogP contribution is -2.20. The Morgan fingerprint density at radius 1 is 1.27 bits per heavy atom. The average molecular weight is 171 g/mol. The van der Waals surface area contributed by atoms with Gasteiger partial charge in [0.05, 0.1) is 0 Å². The van der Waals surface area contributed by atoms with Gasteiger partial charge in [0.1, 0.15) is 0 Å². The zero-order valence-corrected chi connectivity index (χ0v) is 7.15. The molecule has 0 aromatic heterocycles. The molecule has 1 aromatic rings. The van der Waals surface area contributed by atoms with Gasteiger partial charge in [-0.2, -0.15) is 0 Å². The van der Waals surface area contributed by atoms with Gasteiger partial charge in [-0.15, -0.1) is 0 Å². The molecule has 2 N–H and O–H groups in total. The number of rotatable bonds is 3. The van der Waals surface area contributed by atoms with E-state index in [4.69, 9.17) is 11.6 Å². The Morgan fingerprint density at radius 2 is 1.91 bits per heavy atom. The molecule has 60 valence electrons. The van der Waals surface area contributed by atoms with Gasteiger partial charge < -0.3 is 5.43 Å². The van der Waals surface area contributed by atoms with E-state index >= 15 is 0 Å². The maximum Gasteiger partial charge on any atom is 0.0488 e. The highest BCUT2D eigenvalue weighted by atomic mass is 35.5. The van der Waals surface area contributed by atoms with Gasteiger partial charge in [-0.25, -0.2) is 5.43 Å². The number of anilines is 1. The smallest absolute Gasteiger partial charge is 0.0488 e. The van der Waals surface area contributed by atoms with Gasteiger partial charge >= 0.3 is 0 Å². The van der Waals surface area contributed by atoms with Gasteiger partial charge in [0.2, 0.25) is 0 Å². The Balaban J connectivity index is 2.52. The van der Waals surface area contributed by atoms with Crippen molar-refractivity contribution in [2.75, 3.05) is 12.0 Å². The first-order valence-electron chi connectivity index (χ1n) is 3.57. The monoisotopic (exact) mass is 170 g/mol. The van der Waals surface area contributed by atoms with E-state index in [1.807, 2.05) is 31.2 Å². The second-order valence-corrected chi connectivity index (χ2v) is 2.60. The summed E-state index contributed by atoms with van der Waals surface area (Å²) >= 11 is 5.70. The quantitative estimate of drug-likeness (QED) is 0.681. The molecule has 0 amide bonds. The molecule has 0 fully saturated rings. The van der Waals surface area contributed by atoms with Crippen LogP contribution in [0.2, 0.25) is 5.02 Å². The van der Waals surface area contributed by atoms with Crippen molar-refractivity contribution in [3.05, 3.63) is 29.3 Å². The molecule has 0 aliphatic rings. The van der Waals surface area contributed by atoms with E-state index in [-0.39, 0.29) is 0 Å². The van der Waals surface area contributed by atoms with E-state index in [1.165, 1.54) is 0 Å². The fourth-order valence-electron chi connectivity index (χ4n) is 0.724. The Kier molecular flexibility index (Phi) is 3.20. The molecule has 0 atom stereocenters. The van der Waals surface area contributed by atoms with E-state index in [0.717, 1.165) is 17.3 Å². The molecule has 0 aliphatic heterocycles. The zero-order valence-electron chi connectivity index (χ0n) is 6.39. The summed E-state index contributed by atoms with van der Waals surface area (Å²) < 4.78 is 0. The average Bonchev–Trinajstić information content (AvgIpc) is 2.04. The van der Waals surface area contributed by atoms with Crippen molar-refractivity contribution < 1.29 is 0 Å². The standard InChI is InChI=1S/C8H11ClN2/c1-2-10-11-8-5-3-7(9)4-6-8/h3-6,10-11H,2H2,1H3. The lowest BCUT2D eigenvalue weighted by molar-refractivity contribution is 0.844. The molecule has 1 rings (SSSR count). The Morgan fingerprint density at radius 3 is 2.45 bits per heavy atom. The minimum absolute atomic E-state index is 0.757. The van der Waals surface area contributed by atoms with Crippen molar-refractivity contribution in [2.45, 2.75) is 6.92 Å².